The molecule has 2 fully saturated rings. The number of hydrogen-bond donors (Lipinski definition) is 2. The lowest BCUT2D eigenvalue weighted by Crippen LogP contribution is -2.51. The monoisotopic (exact) mass is 224 g/mol. The van der Waals surface area contributed by atoms with Crippen LogP contribution < -0.4 is 10.6 Å². The summed E-state index contributed by atoms with van der Waals surface area (Å²) in [5.41, 5.74) is 0. The van der Waals surface area contributed by atoms with Gasteiger partial charge in [-0.1, -0.05) is 13.8 Å². The third kappa shape index (κ3) is 3.21. The summed E-state index contributed by atoms with van der Waals surface area (Å²) in [6, 6.07) is 0.365. The topological polar surface area (TPSA) is 41.1 Å². The summed E-state index contributed by atoms with van der Waals surface area (Å²) < 4.78 is 0. The molecular weight excluding hydrogens is 200 g/mol. The van der Waals surface area contributed by atoms with Crippen LogP contribution in [0.15, 0.2) is 0 Å². The van der Waals surface area contributed by atoms with Crippen molar-refractivity contribution in [1.82, 2.24) is 10.6 Å². The highest BCUT2D eigenvalue weighted by Crippen LogP contribution is 2.30. The highest BCUT2D eigenvalue weighted by atomic mass is 16.2. The summed E-state index contributed by atoms with van der Waals surface area (Å²) in [7, 11) is 0. The fraction of sp³-hybridized carbons (Fsp3) is 0.923. The molecule has 1 amide bonds. The maximum Gasteiger partial charge on any atom is 0.223 e. The van der Waals surface area contributed by atoms with E-state index in [0.717, 1.165) is 31.8 Å². The molecule has 1 saturated heterocycles. The van der Waals surface area contributed by atoms with E-state index in [1.165, 1.54) is 12.8 Å². The molecule has 0 aromatic heterocycles. The number of piperidine rings is 1. The van der Waals surface area contributed by atoms with Crippen LogP contribution in [0.25, 0.3) is 0 Å². The van der Waals surface area contributed by atoms with Crippen molar-refractivity contribution in [2.24, 2.45) is 17.8 Å². The molecular formula is C13H24N2O. The second kappa shape index (κ2) is 5.17. The number of amides is 1. The van der Waals surface area contributed by atoms with Gasteiger partial charge in [-0.15, -0.1) is 0 Å². The van der Waals surface area contributed by atoms with Gasteiger partial charge in [-0.3, -0.25) is 4.79 Å². The van der Waals surface area contributed by atoms with E-state index < -0.39 is 0 Å². The Bertz CT molecular complexity index is 248. The number of hydrogen-bond acceptors (Lipinski definition) is 2. The zero-order chi connectivity index (χ0) is 11.5. The van der Waals surface area contributed by atoms with E-state index in [1.54, 1.807) is 0 Å². The van der Waals surface area contributed by atoms with Gasteiger partial charge in [0, 0.05) is 18.5 Å². The molecule has 2 rings (SSSR count). The van der Waals surface area contributed by atoms with E-state index in [1.807, 2.05) is 0 Å². The summed E-state index contributed by atoms with van der Waals surface area (Å²) in [4.78, 5) is 11.8. The van der Waals surface area contributed by atoms with E-state index >= 15 is 0 Å². The molecule has 1 heterocycles. The molecule has 3 nitrogen and oxygen atoms in total. The van der Waals surface area contributed by atoms with Crippen molar-refractivity contribution in [3.8, 4) is 0 Å². The SMILES string of the molecule is CC(C)CC1CCNCC1NC(=O)C1CC1. The van der Waals surface area contributed by atoms with Gasteiger partial charge in [0.15, 0.2) is 0 Å². The summed E-state index contributed by atoms with van der Waals surface area (Å²) in [5.74, 6) is 2.02. The van der Waals surface area contributed by atoms with Gasteiger partial charge < -0.3 is 10.6 Å². The minimum absolute atomic E-state index is 0.294. The van der Waals surface area contributed by atoms with Crippen LogP contribution >= 0.6 is 0 Å². The Hall–Kier alpha value is -0.570. The number of rotatable bonds is 4. The molecule has 1 saturated carbocycles. The molecule has 1 aliphatic heterocycles. The Kier molecular flexibility index (Phi) is 3.85. The largest absolute Gasteiger partial charge is 0.352 e. The Labute approximate surface area is 98.4 Å². The van der Waals surface area contributed by atoms with Crippen LogP contribution in [0.1, 0.15) is 39.5 Å². The molecule has 0 spiro atoms. The Morgan fingerprint density at radius 1 is 1.38 bits per heavy atom. The maximum atomic E-state index is 11.8. The van der Waals surface area contributed by atoms with E-state index in [0.29, 0.717) is 23.8 Å². The Balaban J connectivity index is 1.85. The van der Waals surface area contributed by atoms with Crippen molar-refractivity contribution >= 4 is 5.91 Å². The molecule has 92 valence electrons. The van der Waals surface area contributed by atoms with Crippen molar-refractivity contribution in [3.63, 3.8) is 0 Å². The van der Waals surface area contributed by atoms with Gasteiger partial charge in [0.2, 0.25) is 5.91 Å². The van der Waals surface area contributed by atoms with Crippen molar-refractivity contribution in [2.75, 3.05) is 13.1 Å². The standard InChI is InChI=1S/C13H24N2O/c1-9(2)7-11-5-6-14-8-12(11)15-13(16)10-3-4-10/h9-12,14H,3-8H2,1-2H3,(H,15,16). The molecule has 3 heteroatoms. The molecule has 0 bridgehead atoms. The van der Waals surface area contributed by atoms with Gasteiger partial charge >= 0.3 is 0 Å². The van der Waals surface area contributed by atoms with Gasteiger partial charge in [0.25, 0.3) is 0 Å². The zero-order valence-corrected chi connectivity index (χ0v) is 10.5. The van der Waals surface area contributed by atoms with E-state index in [9.17, 15) is 4.79 Å². The predicted molar refractivity (Wildman–Crippen MR) is 65.1 cm³/mol. The van der Waals surface area contributed by atoms with Gasteiger partial charge in [-0.25, -0.2) is 0 Å². The first kappa shape index (κ1) is 11.9. The Morgan fingerprint density at radius 2 is 2.12 bits per heavy atom. The van der Waals surface area contributed by atoms with Gasteiger partial charge in [0.05, 0.1) is 0 Å². The van der Waals surface area contributed by atoms with Gasteiger partial charge in [-0.05, 0) is 44.1 Å². The summed E-state index contributed by atoms with van der Waals surface area (Å²) in [6.07, 6.45) is 4.63. The molecule has 2 aliphatic rings. The lowest BCUT2D eigenvalue weighted by atomic mass is 9.85. The van der Waals surface area contributed by atoms with Crippen LogP contribution in [-0.4, -0.2) is 25.0 Å². The molecule has 0 aromatic rings. The smallest absolute Gasteiger partial charge is 0.223 e. The highest BCUT2D eigenvalue weighted by Gasteiger charge is 2.33. The fourth-order valence-corrected chi connectivity index (χ4v) is 2.62. The van der Waals surface area contributed by atoms with Crippen LogP contribution in [0, 0.1) is 17.8 Å². The first-order chi connectivity index (χ1) is 7.66. The third-order valence-corrected chi connectivity index (χ3v) is 3.68. The van der Waals surface area contributed by atoms with Crippen LogP contribution in [0.4, 0.5) is 0 Å². The first-order valence-corrected chi connectivity index (χ1v) is 6.68. The molecule has 2 unspecified atom stereocenters. The number of nitrogens with one attached hydrogen (secondary N) is 2. The summed E-state index contributed by atoms with van der Waals surface area (Å²) >= 11 is 0. The summed E-state index contributed by atoms with van der Waals surface area (Å²) in [6.45, 7) is 6.59. The van der Waals surface area contributed by atoms with E-state index in [-0.39, 0.29) is 0 Å². The predicted octanol–water partition coefficient (Wildman–Crippen LogP) is 1.54. The average molecular weight is 224 g/mol. The van der Waals surface area contributed by atoms with Crippen molar-refractivity contribution < 1.29 is 4.79 Å². The average Bonchev–Trinajstić information content (AvgIpc) is 3.03. The molecule has 0 aromatic carbocycles. The second-order valence-electron chi connectivity index (χ2n) is 5.77. The third-order valence-electron chi connectivity index (χ3n) is 3.68. The lowest BCUT2D eigenvalue weighted by Gasteiger charge is -2.34. The lowest BCUT2D eigenvalue weighted by molar-refractivity contribution is -0.123. The van der Waals surface area contributed by atoms with E-state index in [4.69, 9.17) is 0 Å². The number of carbonyl (C=O) groups excluding carboxylic acids is 1. The van der Waals surface area contributed by atoms with Crippen molar-refractivity contribution in [1.29, 1.82) is 0 Å². The van der Waals surface area contributed by atoms with Gasteiger partial charge in [-0.2, -0.15) is 0 Å². The van der Waals surface area contributed by atoms with E-state index in [2.05, 4.69) is 24.5 Å². The molecule has 1 aliphatic carbocycles. The second-order valence-corrected chi connectivity index (χ2v) is 5.77. The maximum absolute atomic E-state index is 11.8. The normalized spacial score (nSPS) is 30.4. The fourth-order valence-electron chi connectivity index (χ4n) is 2.62. The molecule has 16 heavy (non-hydrogen) atoms. The van der Waals surface area contributed by atoms with Crippen LogP contribution in [-0.2, 0) is 4.79 Å². The van der Waals surface area contributed by atoms with Crippen LogP contribution in [0.5, 0.6) is 0 Å². The minimum atomic E-state index is 0.294. The zero-order valence-electron chi connectivity index (χ0n) is 10.5. The van der Waals surface area contributed by atoms with Gasteiger partial charge in [0.1, 0.15) is 0 Å². The minimum Gasteiger partial charge on any atom is -0.352 e. The number of carbonyl (C=O) groups is 1. The molecule has 2 N–H and O–H groups in total. The highest BCUT2D eigenvalue weighted by molar-refractivity contribution is 5.81. The first-order valence-electron chi connectivity index (χ1n) is 6.68. The Morgan fingerprint density at radius 3 is 2.75 bits per heavy atom. The van der Waals surface area contributed by atoms with Crippen LogP contribution in [0.3, 0.4) is 0 Å². The van der Waals surface area contributed by atoms with Crippen molar-refractivity contribution in [2.45, 2.75) is 45.6 Å². The van der Waals surface area contributed by atoms with Crippen molar-refractivity contribution in [3.05, 3.63) is 0 Å². The molecule has 2 atom stereocenters. The summed E-state index contributed by atoms with van der Waals surface area (Å²) in [5, 5.41) is 6.62. The van der Waals surface area contributed by atoms with Crippen LogP contribution in [0.2, 0.25) is 0 Å². The molecule has 0 radical (unpaired) electrons. The quantitative estimate of drug-likeness (QED) is 0.760.